The maximum Gasteiger partial charge on any atom is 0.216 e. The van der Waals surface area contributed by atoms with Crippen molar-refractivity contribution in [3.05, 3.63) is 0 Å². The Labute approximate surface area is 96.8 Å². The number of hydrogen-bond donors (Lipinski definition) is 1. The van der Waals surface area contributed by atoms with Crippen LogP contribution in [-0.2, 0) is 19.9 Å². The van der Waals surface area contributed by atoms with Gasteiger partial charge < -0.3 is 5.73 Å². The van der Waals surface area contributed by atoms with Crippen LogP contribution in [0, 0.1) is 0 Å². The van der Waals surface area contributed by atoms with E-state index in [1.165, 1.54) is 4.31 Å². The molecule has 0 aromatic heterocycles. The van der Waals surface area contributed by atoms with Crippen LogP contribution in [0.15, 0.2) is 0 Å². The first-order valence-electron chi connectivity index (χ1n) is 5.15. The summed E-state index contributed by atoms with van der Waals surface area (Å²) < 4.78 is 46.7. The number of sulfone groups is 1. The first-order valence-corrected chi connectivity index (χ1v) is 8.82. The molecule has 6 nitrogen and oxygen atoms in total. The fourth-order valence-electron chi connectivity index (χ4n) is 1.65. The molecule has 1 heterocycles. The van der Waals surface area contributed by atoms with Gasteiger partial charge in [0.15, 0.2) is 0 Å². The van der Waals surface area contributed by atoms with Crippen LogP contribution >= 0.6 is 0 Å². The summed E-state index contributed by atoms with van der Waals surface area (Å²) in [6.45, 7) is 0.396. The highest BCUT2D eigenvalue weighted by Crippen LogP contribution is 2.17. The predicted molar refractivity (Wildman–Crippen MR) is 62.0 cm³/mol. The largest absolute Gasteiger partial charge is 0.315 e. The molecule has 1 saturated heterocycles. The Balaban J connectivity index is 2.69. The highest BCUT2D eigenvalue weighted by atomic mass is 32.2. The molecule has 0 aromatic carbocycles. The number of nitrogens with zero attached hydrogens (tertiary/aromatic N) is 1. The average Bonchev–Trinajstić information content (AvgIpc) is 2.14. The minimum atomic E-state index is -3.54. The van der Waals surface area contributed by atoms with Crippen molar-refractivity contribution in [2.45, 2.75) is 25.4 Å². The van der Waals surface area contributed by atoms with Gasteiger partial charge in [-0.05, 0) is 19.3 Å². The minimum absolute atomic E-state index is 0.349. The number of sulfonamides is 1. The first-order chi connectivity index (χ1) is 7.22. The highest BCUT2D eigenvalue weighted by Gasteiger charge is 2.30. The van der Waals surface area contributed by atoms with Gasteiger partial charge in [0, 0.05) is 12.8 Å². The van der Waals surface area contributed by atoms with Gasteiger partial charge in [-0.2, -0.15) is 4.31 Å². The molecular weight excluding hydrogens is 252 g/mol. The van der Waals surface area contributed by atoms with Crippen molar-refractivity contribution in [3.63, 3.8) is 0 Å². The standard InChI is InChI=1S/C8H18N2O4S2/c1-15(11,12)6-7-16(13,14)10-5-3-2-4-8(10)9/h8H,2-7,9H2,1H3. The predicted octanol–water partition coefficient (Wildman–Crippen LogP) is -0.868. The molecule has 96 valence electrons. The molecular formula is C8H18N2O4S2. The van der Waals surface area contributed by atoms with E-state index in [1.54, 1.807) is 0 Å². The van der Waals surface area contributed by atoms with Crippen molar-refractivity contribution in [2.75, 3.05) is 24.3 Å². The summed E-state index contributed by atoms with van der Waals surface area (Å²) in [5.74, 6) is -0.724. The molecule has 0 aromatic rings. The molecule has 0 radical (unpaired) electrons. The summed E-state index contributed by atoms with van der Waals surface area (Å²) in [5, 5.41) is 0. The summed E-state index contributed by atoms with van der Waals surface area (Å²) in [4.78, 5) is 0. The van der Waals surface area contributed by atoms with Gasteiger partial charge in [0.25, 0.3) is 0 Å². The Morgan fingerprint density at radius 3 is 2.31 bits per heavy atom. The zero-order valence-electron chi connectivity index (χ0n) is 9.29. The van der Waals surface area contributed by atoms with E-state index in [-0.39, 0.29) is 11.5 Å². The SMILES string of the molecule is CS(=O)(=O)CCS(=O)(=O)N1CCCCC1N. The van der Waals surface area contributed by atoms with E-state index >= 15 is 0 Å². The van der Waals surface area contributed by atoms with E-state index in [0.717, 1.165) is 19.1 Å². The summed E-state index contributed by atoms with van der Waals surface area (Å²) >= 11 is 0. The third-order valence-electron chi connectivity index (χ3n) is 2.57. The zero-order valence-corrected chi connectivity index (χ0v) is 10.9. The molecule has 0 amide bonds. The fraction of sp³-hybridized carbons (Fsp3) is 1.00. The van der Waals surface area contributed by atoms with E-state index in [0.29, 0.717) is 13.0 Å². The summed E-state index contributed by atoms with van der Waals surface area (Å²) in [7, 11) is -6.80. The maximum absolute atomic E-state index is 11.8. The van der Waals surface area contributed by atoms with Gasteiger partial charge >= 0.3 is 0 Å². The molecule has 1 unspecified atom stereocenters. The summed E-state index contributed by atoms with van der Waals surface area (Å²) in [5.41, 5.74) is 5.70. The van der Waals surface area contributed by atoms with Crippen molar-refractivity contribution in [1.82, 2.24) is 4.31 Å². The second-order valence-corrected chi connectivity index (χ2v) is 8.42. The molecule has 0 aliphatic carbocycles. The van der Waals surface area contributed by atoms with Crippen molar-refractivity contribution >= 4 is 19.9 Å². The smallest absolute Gasteiger partial charge is 0.216 e. The van der Waals surface area contributed by atoms with Gasteiger partial charge in [0.05, 0.1) is 17.7 Å². The monoisotopic (exact) mass is 270 g/mol. The van der Waals surface area contributed by atoms with Crippen LogP contribution in [0.1, 0.15) is 19.3 Å². The Morgan fingerprint density at radius 2 is 1.81 bits per heavy atom. The van der Waals surface area contributed by atoms with E-state index < -0.39 is 26.0 Å². The van der Waals surface area contributed by atoms with Crippen LogP contribution in [0.5, 0.6) is 0 Å². The quantitative estimate of drug-likeness (QED) is 0.716. The van der Waals surface area contributed by atoms with Gasteiger partial charge in [-0.25, -0.2) is 16.8 Å². The lowest BCUT2D eigenvalue weighted by molar-refractivity contribution is 0.258. The lowest BCUT2D eigenvalue weighted by atomic mass is 10.1. The second-order valence-electron chi connectivity index (χ2n) is 4.12. The summed E-state index contributed by atoms with van der Waals surface area (Å²) in [6, 6.07) is 0. The zero-order chi connectivity index (χ0) is 12.4. The van der Waals surface area contributed by atoms with E-state index in [9.17, 15) is 16.8 Å². The number of nitrogens with two attached hydrogens (primary N) is 1. The molecule has 2 N–H and O–H groups in total. The molecule has 8 heteroatoms. The number of piperidine rings is 1. The van der Waals surface area contributed by atoms with Crippen LogP contribution in [-0.4, -0.2) is 51.6 Å². The van der Waals surface area contributed by atoms with Crippen LogP contribution in [0.2, 0.25) is 0 Å². The van der Waals surface area contributed by atoms with Crippen molar-refractivity contribution in [2.24, 2.45) is 5.73 Å². The van der Waals surface area contributed by atoms with E-state index in [2.05, 4.69) is 0 Å². The molecule has 1 aliphatic rings. The van der Waals surface area contributed by atoms with Gasteiger partial charge in [0.2, 0.25) is 10.0 Å². The van der Waals surface area contributed by atoms with Crippen molar-refractivity contribution < 1.29 is 16.8 Å². The third-order valence-corrected chi connectivity index (χ3v) is 5.66. The molecule has 0 saturated carbocycles. The van der Waals surface area contributed by atoms with Gasteiger partial charge in [-0.1, -0.05) is 0 Å². The topological polar surface area (TPSA) is 97.5 Å². The van der Waals surface area contributed by atoms with E-state index in [1.807, 2.05) is 0 Å². The lowest BCUT2D eigenvalue weighted by Gasteiger charge is -2.31. The summed E-state index contributed by atoms with van der Waals surface area (Å²) in [6.07, 6.45) is 2.86. The van der Waals surface area contributed by atoms with Crippen LogP contribution < -0.4 is 5.73 Å². The van der Waals surface area contributed by atoms with Crippen LogP contribution in [0.25, 0.3) is 0 Å². The van der Waals surface area contributed by atoms with E-state index in [4.69, 9.17) is 5.73 Å². The Kier molecular flexibility index (Phi) is 4.33. The Hall–Kier alpha value is -0.180. The third kappa shape index (κ3) is 4.00. The molecule has 1 atom stereocenters. The van der Waals surface area contributed by atoms with Gasteiger partial charge in [-0.3, -0.25) is 0 Å². The first kappa shape index (κ1) is 13.9. The number of rotatable bonds is 4. The van der Waals surface area contributed by atoms with Crippen LogP contribution in [0.3, 0.4) is 0 Å². The number of hydrogen-bond acceptors (Lipinski definition) is 5. The van der Waals surface area contributed by atoms with Crippen molar-refractivity contribution in [1.29, 1.82) is 0 Å². The fourth-order valence-corrected chi connectivity index (χ4v) is 4.86. The van der Waals surface area contributed by atoms with Crippen molar-refractivity contribution in [3.8, 4) is 0 Å². The molecule has 0 bridgehead atoms. The lowest BCUT2D eigenvalue weighted by Crippen LogP contribution is -2.49. The normalized spacial score (nSPS) is 24.5. The molecule has 1 aliphatic heterocycles. The maximum atomic E-state index is 11.8. The molecule has 16 heavy (non-hydrogen) atoms. The van der Waals surface area contributed by atoms with Gasteiger partial charge in [-0.15, -0.1) is 0 Å². The Bertz CT molecular complexity index is 429. The molecule has 1 fully saturated rings. The molecule has 0 spiro atoms. The van der Waals surface area contributed by atoms with Gasteiger partial charge in [0.1, 0.15) is 9.84 Å². The minimum Gasteiger partial charge on any atom is -0.315 e. The molecule has 1 rings (SSSR count). The van der Waals surface area contributed by atoms with Crippen LogP contribution in [0.4, 0.5) is 0 Å². The highest BCUT2D eigenvalue weighted by molar-refractivity contribution is 7.93. The average molecular weight is 270 g/mol. The Morgan fingerprint density at radius 1 is 1.19 bits per heavy atom. The second kappa shape index (κ2) is 4.99.